The van der Waals surface area contributed by atoms with Crippen LogP contribution in [0.4, 0.5) is 0 Å². The first kappa shape index (κ1) is 18.8. The normalized spacial score (nSPS) is 11.7. The second kappa shape index (κ2) is 7.33. The summed E-state index contributed by atoms with van der Waals surface area (Å²) in [6.07, 6.45) is 1.47. The number of ether oxygens (including phenoxy) is 1. The molecular formula is C17H17N3O6S. The predicted octanol–water partition coefficient (Wildman–Crippen LogP) is 2.25. The van der Waals surface area contributed by atoms with Gasteiger partial charge in [0.1, 0.15) is 0 Å². The molecule has 2 aromatic heterocycles. The average Bonchev–Trinajstić information content (AvgIpc) is 3.31. The van der Waals surface area contributed by atoms with Gasteiger partial charge in [0.2, 0.25) is 10.0 Å². The van der Waals surface area contributed by atoms with Gasteiger partial charge in [-0.1, -0.05) is 6.07 Å². The molecule has 0 unspecified atom stereocenters. The smallest absolute Gasteiger partial charge is 0.338 e. The first-order chi connectivity index (χ1) is 12.8. The Kier molecular flexibility index (Phi) is 5.10. The Hall–Kier alpha value is -2.98. The standard InChI is InChI=1S/C17H17N3O6S/c1-11-6-7-12(27(22,23)20(2)3)9-13(11)17(21)25-10-15-18-19-16(26-15)14-5-4-8-24-14/h4-9H,10H2,1-3H3. The lowest BCUT2D eigenvalue weighted by atomic mass is 10.1. The fourth-order valence-corrected chi connectivity index (χ4v) is 3.14. The molecule has 1 aromatic carbocycles. The molecule has 0 aliphatic rings. The Bertz CT molecular complexity index is 1050. The summed E-state index contributed by atoms with van der Waals surface area (Å²) in [6, 6.07) is 7.61. The van der Waals surface area contributed by atoms with E-state index in [-0.39, 0.29) is 28.8 Å². The summed E-state index contributed by atoms with van der Waals surface area (Å²) >= 11 is 0. The summed E-state index contributed by atoms with van der Waals surface area (Å²) in [5.41, 5.74) is 0.725. The number of sulfonamides is 1. The molecule has 0 amide bonds. The van der Waals surface area contributed by atoms with Crippen LogP contribution in [-0.2, 0) is 21.4 Å². The van der Waals surface area contributed by atoms with E-state index in [1.54, 1.807) is 25.1 Å². The zero-order valence-electron chi connectivity index (χ0n) is 14.9. The lowest BCUT2D eigenvalue weighted by molar-refractivity contribution is 0.0437. The molecular weight excluding hydrogens is 374 g/mol. The first-order valence-corrected chi connectivity index (χ1v) is 9.29. The Labute approximate surface area is 155 Å². The van der Waals surface area contributed by atoms with E-state index < -0.39 is 16.0 Å². The summed E-state index contributed by atoms with van der Waals surface area (Å²) in [5, 5.41) is 7.59. The highest BCUT2D eigenvalue weighted by molar-refractivity contribution is 7.89. The van der Waals surface area contributed by atoms with E-state index in [0.29, 0.717) is 11.3 Å². The van der Waals surface area contributed by atoms with Gasteiger partial charge in [0.25, 0.3) is 11.8 Å². The number of hydrogen-bond donors (Lipinski definition) is 0. The number of furan rings is 1. The molecule has 3 aromatic rings. The molecule has 0 aliphatic carbocycles. The van der Waals surface area contributed by atoms with Gasteiger partial charge < -0.3 is 13.6 Å². The number of benzene rings is 1. The Balaban J connectivity index is 1.75. The van der Waals surface area contributed by atoms with Crippen LogP contribution in [0.15, 0.2) is 50.3 Å². The molecule has 0 spiro atoms. The van der Waals surface area contributed by atoms with Crippen molar-refractivity contribution in [1.29, 1.82) is 0 Å². The highest BCUT2D eigenvalue weighted by Crippen LogP contribution is 2.20. The van der Waals surface area contributed by atoms with Gasteiger partial charge in [-0.15, -0.1) is 10.2 Å². The van der Waals surface area contributed by atoms with Crippen LogP contribution >= 0.6 is 0 Å². The summed E-state index contributed by atoms with van der Waals surface area (Å²) in [5.74, 6) is -0.0376. The molecule has 0 N–H and O–H groups in total. The molecule has 9 nitrogen and oxygen atoms in total. The van der Waals surface area contributed by atoms with Crippen molar-refractivity contribution in [2.24, 2.45) is 0 Å². The lowest BCUT2D eigenvalue weighted by Gasteiger charge is -2.13. The highest BCUT2D eigenvalue weighted by Gasteiger charge is 2.21. The van der Waals surface area contributed by atoms with Crippen molar-refractivity contribution in [2.45, 2.75) is 18.4 Å². The fourth-order valence-electron chi connectivity index (χ4n) is 2.21. The van der Waals surface area contributed by atoms with Crippen LogP contribution in [0.1, 0.15) is 21.8 Å². The second-order valence-corrected chi connectivity index (χ2v) is 7.97. The fraction of sp³-hybridized carbons (Fsp3) is 0.235. The topological polar surface area (TPSA) is 116 Å². The van der Waals surface area contributed by atoms with Crippen LogP contribution in [-0.4, -0.2) is 43.0 Å². The van der Waals surface area contributed by atoms with Gasteiger partial charge in [0.05, 0.1) is 16.7 Å². The number of carbonyl (C=O) groups excluding carboxylic acids is 1. The van der Waals surface area contributed by atoms with E-state index in [1.807, 2.05) is 0 Å². The van der Waals surface area contributed by atoms with E-state index >= 15 is 0 Å². The molecule has 0 atom stereocenters. The van der Waals surface area contributed by atoms with Crippen molar-refractivity contribution in [3.05, 3.63) is 53.6 Å². The molecule has 27 heavy (non-hydrogen) atoms. The van der Waals surface area contributed by atoms with E-state index in [2.05, 4.69) is 10.2 Å². The van der Waals surface area contributed by atoms with Crippen LogP contribution in [0.3, 0.4) is 0 Å². The molecule has 0 radical (unpaired) electrons. The van der Waals surface area contributed by atoms with Crippen molar-refractivity contribution in [3.8, 4) is 11.7 Å². The van der Waals surface area contributed by atoms with Gasteiger partial charge in [-0.2, -0.15) is 0 Å². The summed E-state index contributed by atoms with van der Waals surface area (Å²) < 4.78 is 41.2. The molecule has 142 valence electrons. The second-order valence-electron chi connectivity index (χ2n) is 5.82. The minimum absolute atomic E-state index is 0.00273. The molecule has 0 saturated carbocycles. The largest absolute Gasteiger partial charge is 0.459 e. The summed E-state index contributed by atoms with van der Waals surface area (Å²) in [7, 11) is -0.832. The van der Waals surface area contributed by atoms with Gasteiger partial charge in [-0.25, -0.2) is 17.5 Å². The first-order valence-electron chi connectivity index (χ1n) is 7.85. The monoisotopic (exact) mass is 391 g/mol. The number of hydrogen-bond acceptors (Lipinski definition) is 8. The quantitative estimate of drug-likeness (QED) is 0.588. The van der Waals surface area contributed by atoms with Crippen LogP contribution in [0.25, 0.3) is 11.7 Å². The molecule has 2 heterocycles. The third-order valence-electron chi connectivity index (χ3n) is 3.73. The van der Waals surface area contributed by atoms with E-state index in [4.69, 9.17) is 13.6 Å². The Morgan fingerprint density at radius 1 is 1.22 bits per heavy atom. The third kappa shape index (κ3) is 3.91. The van der Waals surface area contributed by atoms with Crippen molar-refractivity contribution in [3.63, 3.8) is 0 Å². The zero-order valence-corrected chi connectivity index (χ0v) is 15.7. The van der Waals surface area contributed by atoms with Gasteiger partial charge in [-0.05, 0) is 36.8 Å². The highest BCUT2D eigenvalue weighted by atomic mass is 32.2. The van der Waals surface area contributed by atoms with Crippen molar-refractivity contribution in [1.82, 2.24) is 14.5 Å². The molecule has 3 rings (SSSR count). The van der Waals surface area contributed by atoms with Crippen LogP contribution in [0, 0.1) is 6.92 Å². The third-order valence-corrected chi connectivity index (χ3v) is 5.54. The minimum Gasteiger partial charge on any atom is -0.459 e. The average molecular weight is 391 g/mol. The molecule has 10 heteroatoms. The minimum atomic E-state index is -3.66. The van der Waals surface area contributed by atoms with Crippen molar-refractivity contribution < 1.29 is 26.8 Å². The number of carbonyl (C=O) groups is 1. The van der Waals surface area contributed by atoms with Crippen LogP contribution in [0.2, 0.25) is 0 Å². The van der Waals surface area contributed by atoms with Crippen LogP contribution < -0.4 is 0 Å². The summed E-state index contributed by atoms with van der Waals surface area (Å²) in [6.45, 7) is 1.43. The van der Waals surface area contributed by atoms with E-state index in [0.717, 1.165) is 4.31 Å². The molecule has 0 bridgehead atoms. The van der Waals surface area contributed by atoms with E-state index in [9.17, 15) is 13.2 Å². The molecule has 0 fully saturated rings. The number of aromatic nitrogens is 2. The van der Waals surface area contributed by atoms with Crippen molar-refractivity contribution >= 4 is 16.0 Å². The Morgan fingerprint density at radius 2 is 2.00 bits per heavy atom. The van der Waals surface area contributed by atoms with Gasteiger partial charge in [0.15, 0.2) is 12.4 Å². The number of aryl methyl sites for hydroxylation is 1. The zero-order chi connectivity index (χ0) is 19.6. The maximum absolute atomic E-state index is 12.4. The predicted molar refractivity (Wildman–Crippen MR) is 93.2 cm³/mol. The Morgan fingerprint density at radius 3 is 2.67 bits per heavy atom. The van der Waals surface area contributed by atoms with Crippen molar-refractivity contribution in [2.75, 3.05) is 14.1 Å². The lowest BCUT2D eigenvalue weighted by Crippen LogP contribution is -2.22. The number of nitrogens with zero attached hydrogens (tertiary/aromatic N) is 3. The maximum atomic E-state index is 12.4. The number of rotatable bonds is 6. The van der Waals surface area contributed by atoms with Gasteiger partial charge >= 0.3 is 5.97 Å². The molecule has 0 saturated heterocycles. The SMILES string of the molecule is Cc1ccc(S(=O)(=O)N(C)C)cc1C(=O)OCc1nnc(-c2ccco2)o1. The number of esters is 1. The van der Waals surface area contributed by atoms with E-state index in [1.165, 1.54) is 32.5 Å². The summed E-state index contributed by atoms with van der Waals surface area (Å²) in [4.78, 5) is 12.4. The molecule has 0 aliphatic heterocycles. The van der Waals surface area contributed by atoms with Gasteiger partial charge in [0, 0.05) is 14.1 Å². The maximum Gasteiger partial charge on any atom is 0.338 e. The van der Waals surface area contributed by atoms with Gasteiger partial charge in [-0.3, -0.25) is 0 Å². The van der Waals surface area contributed by atoms with Crippen LogP contribution in [0.5, 0.6) is 0 Å².